The minimum atomic E-state index is -0.722. The molecule has 114 valence electrons. The number of hydrogen-bond donors (Lipinski definition) is 1. The van der Waals surface area contributed by atoms with Crippen LogP contribution in [-0.2, 0) is 0 Å². The Hall–Kier alpha value is -2.18. The summed E-state index contributed by atoms with van der Waals surface area (Å²) >= 11 is 0. The quantitative estimate of drug-likeness (QED) is 0.647. The lowest BCUT2D eigenvalue weighted by Gasteiger charge is -2.17. The van der Waals surface area contributed by atoms with E-state index in [4.69, 9.17) is 0 Å². The molecule has 0 aliphatic heterocycles. The minimum absolute atomic E-state index is 0.0746. The molecule has 0 spiro atoms. The fraction of sp³-hybridized carbons (Fsp3) is 0.500. The summed E-state index contributed by atoms with van der Waals surface area (Å²) in [5.74, 6) is -1.16. The van der Waals surface area contributed by atoms with Gasteiger partial charge in [0, 0.05) is 19.6 Å². The number of nitro groups is 1. The van der Waals surface area contributed by atoms with Crippen molar-refractivity contribution in [3.63, 3.8) is 0 Å². The van der Waals surface area contributed by atoms with E-state index >= 15 is 0 Å². The van der Waals surface area contributed by atoms with Crippen molar-refractivity contribution in [2.75, 3.05) is 18.9 Å². The van der Waals surface area contributed by atoms with E-state index in [2.05, 4.69) is 5.32 Å². The Bertz CT molecular complexity index is 573. The number of nitrogens with one attached hydrogen (secondary N) is 1. The Labute approximate surface area is 122 Å². The molecule has 0 aromatic heterocycles. The summed E-state index contributed by atoms with van der Waals surface area (Å²) in [6.07, 6.45) is 2.58. The highest BCUT2D eigenvalue weighted by Crippen LogP contribution is 2.31. The topological polar surface area (TPSA) is 75.5 Å². The zero-order chi connectivity index (χ0) is 15.6. The SMILES string of the molecule is CCCNc1cc(C(=O)N(C)C2CC2)c([N+](=O)[O-])cc1F. The summed E-state index contributed by atoms with van der Waals surface area (Å²) < 4.78 is 13.9. The van der Waals surface area contributed by atoms with Gasteiger partial charge in [-0.3, -0.25) is 14.9 Å². The van der Waals surface area contributed by atoms with E-state index in [1.54, 1.807) is 7.05 Å². The largest absolute Gasteiger partial charge is 0.383 e. The molecule has 1 amide bonds. The monoisotopic (exact) mass is 295 g/mol. The van der Waals surface area contributed by atoms with Crippen molar-refractivity contribution in [1.29, 1.82) is 0 Å². The van der Waals surface area contributed by atoms with Crippen molar-refractivity contribution in [3.8, 4) is 0 Å². The highest BCUT2D eigenvalue weighted by molar-refractivity contribution is 5.99. The standard InChI is InChI=1S/C14H18FN3O3/c1-3-6-16-12-7-10(13(18(20)21)8-11(12)15)14(19)17(2)9-4-5-9/h7-9,16H,3-6H2,1-2H3. The number of amides is 1. The van der Waals surface area contributed by atoms with Crippen LogP contribution in [0.2, 0.25) is 0 Å². The Morgan fingerprint density at radius 1 is 1.52 bits per heavy atom. The number of halogens is 1. The molecule has 1 fully saturated rings. The molecule has 0 heterocycles. The van der Waals surface area contributed by atoms with Crippen molar-refractivity contribution < 1.29 is 14.1 Å². The van der Waals surface area contributed by atoms with Crippen LogP contribution in [-0.4, -0.2) is 35.4 Å². The Kier molecular flexibility index (Phi) is 4.40. The molecule has 1 aliphatic rings. The first-order valence-electron chi connectivity index (χ1n) is 6.94. The third-order valence-corrected chi connectivity index (χ3v) is 3.49. The number of benzene rings is 1. The second-order valence-electron chi connectivity index (χ2n) is 5.18. The predicted octanol–water partition coefficient (Wildman–Crippen LogP) is 2.79. The van der Waals surface area contributed by atoms with Crippen LogP contribution in [0.3, 0.4) is 0 Å². The van der Waals surface area contributed by atoms with Gasteiger partial charge in [-0.2, -0.15) is 0 Å². The molecule has 1 N–H and O–H groups in total. The van der Waals surface area contributed by atoms with Gasteiger partial charge in [0.15, 0.2) is 5.82 Å². The maximum absolute atomic E-state index is 13.9. The molecule has 0 saturated heterocycles. The molecule has 1 saturated carbocycles. The van der Waals surface area contributed by atoms with Crippen molar-refractivity contribution in [1.82, 2.24) is 4.90 Å². The van der Waals surface area contributed by atoms with Gasteiger partial charge < -0.3 is 10.2 Å². The molecule has 1 aromatic carbocycles. The van der Waals surface area contributed by atoms with Gasteiger partial charge in [-0.1, -0.05) is 6.92 Å². The molecule has 1 aliphatic carbocycles. The Balaban J connectivity index is 2.39. The summed E-state index contributed by atoms with van der Waals surface area (Å²) in [4.78, 5) is 24.2. The number of nitrogens with zero attached hydrogens (tertiary/aromatic N) is 2. The molecule has 0 bridgehead atoms. The van der Waals surface area contributed by atoms with E-state index in [1.807, 2.05) is 6.92 Å². The second kappa shape index (κ2) is 6.07. The van der Waals surface area contributed by atoms with E-state index in [1.165, 1.54) is 11.0 Å². The highest BCUT2D eigenvalue weighted by Gasteiger charge is 2.33. The van der Waals surface area contributed by atoms with Crippen molar-refractivity contribution in [3.05, 3.63) is 33.6 Å². The van der Waals surface area contributed by atoms with E-state index < -0.39 is 22.3 Å². The van der Waals surface area contributed by atoms with Crippen LogP contribution in [0.5, 0.6) is 0 Å². The molecule has 0 atom stereocenters. The lowest BCUT2D eigenvalue weighted by molar-refractivity contribution is -0.385. The maximum atomic E-state index is 13.9. The van der Waals surface area contributed by atoms with Gasteiger partial charge >= 0.3 is 0 Å². The van der Waals surface area contributed by atoms with Crippen LogP contribution in [0.25, 0.3) is 0 Å². The zero-order valence-corrected chi connectivity index (χ0v) is 12.1. The van der Waals surface area contributed by atoms with Gasteiger partial charge in [0.25, 0.3) is 11.6 Å². The zero-order valence-electron chi connectivity index (χ0n) is 12.1. The van der Waals surface area contributed by atoms with Gasteiger partial charge in [0.1, 0.15) is 5.56 Å². The van der Waals surface area contributed by atoms with Crippen LogP contribution < -0.4 is 5.32 Å². The maximum Gasteiger partial charge on any atom is 0.285 e. The molecule has 7 heteroatoms. The lowest BCUT2D eigenvalue weighted by atomic mass is 10.1. The van der Waals surface area contributed by atoms with E-state index in [-0.39, 0.29) is 17.3 Å². The van der Waals surface area contributed by atoms with Crippen molar-refractivity contribution in [2.24, 2.45) is 0 Å². The second-order valence-corrected chi connectivity index (χ2v) is 5.18. The van der Waals surface area contributed by atoms with Gasteiger partial charge in [0.2, 0.25) is 0 Å². The van der Waals surface area contributed by atoms with Gasteiger partial charge in [0.05, 0.1) is 16.7 Å². The number of anilines is 1. The first-order valence-corrected chi connectivity index (χ1v) is 6.94. The Morgan fingerprint density at radius 3 is 2.71 bits per heavy atom. The van der Waals surface area contributed by atoms with Crippen molar-refractivity contribution in [2.45, 2.75) is 32.2 Å². The lowest BCUT2D eigenvalue weighted by Crippen LogP contribution is -2.29. The van der Waals surface area contributed by atoms with E-state index in [0.29, 0.717) is 6.54 Å². The fourth-order valence-electron chi connectivity index (χ4n) is 2.10. The normalized spacial score (nSPS) is 13.9. The number of hydrogen-bond acceptors (Lipinski definition) is 4. The predicted molar refractivity (Wildman–Crippen MR) is 77.0 cm³/mol. The fourth-order valence-corrected chi connectivity index (χ4v) is 2.10. The van der Waals surface area contributed by atoms with Crippen LogP contribution in [0.4, 0.5) is 15.8 Å². The van der Waals surface area contributed by atoms with Gasteiger partial charge in [-0.25, -0.2) is 4.39 Å². The molecule has 0 radical (unpaired) electrons. The van der Waals surface area contributed by atoms with Crippen LogP contribution in [0.15, 0.2) is 12.1 Å². The Morgan fingerprint density at radius 2 is 2.19 bits per heavy atom. The van der Waals surface area contributed by atoms with Crippen LogP contribution in [0.1, 0.15) is 36.5 Å². The third kappa shape index (κ3) is 3.29. The number of rotatable bonds is 6. The highest BCUT2D eigenvalue weighted by atomic mass is 19.1. The summed E-state index contributed by atoms with van der Waals surface area (Å²) in [6.45, 7) is 2.45. The van der Waals surface area contributed by atoms with E-state index in [9.17, 15) is 19.3 Å². The average molecular weight is 295 g/mol. The summed E-state index contributed by atoms with van der Waals surface area (Å²) in [5.41, 5.74) is -0.448. The molecular weight excluding hydrogens is 277 g/mol. The first kappa shape index (κ1) is 15.2. The third-order valence-electron chi connectivity index (χ3n) is 3.49. The molecular formula is C14H18FN3O3. The van der Waals surface area contributed by atoms with Crippen molar-refractivity contribution >= 4 is 17.3 Å². The van der Waals surface area contributed by atoms with Crippen LogP contribution in [0, 0.1) is 15.9 Å². The summed E-state index contributed by atoms with van der Waals surface area (Å²) in [7, 11) is 1.62. The molecule has 21 heavy (non-hydrogen) atoms. The average Bonchev–Trinajstić information content (AvgIpc) is 3.28. The number of carbonyl (C=O) groups excluding carboxylic acids is 1. The summed E-state index contributed by atoms with van der Waals surface area (Å²) in [5, 5.41) is 13.9. The molecule has 2 rings (SSSR count). The van der Waals surface area contributed by atoms with Crippen LogP contribution >= 0.6 is 0 Å². The molecule has 1 aromatic rings. The summed E-state index contributed by atoms with van der Waals surface area (Å²) in [6, 6.07) is 2.19. The minimum Gasteiger partial charge on any atom is -0.383 e. The van der Waals surface area contributed by atoms with Gasteiger partial charge in [-0.15, -0.1) is 0 Å². The first-order chi connectivity index (χ1) is 9.95. The van der Waals surface area contributed by atoms with Gasteiger partial charge in [-0.05, 0) is 25.3 Å². The smallest absolute Gasteiger partial charge is 0.285 e. The molecule has 6 nitrogen and oxygen atoms in total. The molecule has 0 unspecified atom stereocenters. The number of nitro benzene ring substituents is 1. The number of carbonyl (C=O) groups is 1. The van der Waals surface area contributed by atoms with E-state index in [0.717, 1.165) is 25.3 Å².